The molecule has 1 aromatic rings. The van der Waals surface area contributed by atoms with E-state index in [4.69, 9.17) is 9.84 Å². The number of hydrogen-bond acceptors (Lipinski definition) is 4. The van der Waals surface area contributed by atoms with Crippen molar-refractivity contribution < 1.29 is 24.9 Å². The van der Waals surface area contributed by atoms with Gasteiger partial charge in [-0.1, -0.05) is 30.3 Å². The van der Waals surface area contributed by atoms with Gasteiger partial charge < -0.3 is 20.1 Å². The molecule has 0 radical (unpaired) electrons. The maximum atomic E-state index is 10.8. The number of hydrogen-bond donors (Lipinski definition) is 3. The van der Waals surface area contributed by atoms with Gasteiger partial charge in [-0.2, -0.15) is 0 Å². The van der Waals surface area contributed by atoms with Crippen molar-refractivity contribution in [1.29, 1.82) is 0 Å². The van der Waals surface area contributed by atoms with Crippen molar-refractivity contribution in [2.24, 2.45) is 11.8 Å². The van der Waals surface area contributed by atoms with Crippen LogP contribution in [0.3, 0.4) is 0 Å². The molecule has 3 N–H and O–H groups in total. The highest BCUT2D eigenvalue weighted by molar-refractivity contribution is 5.67. The third-order valence-corrected chi connectivity index (χ3v) is 3.85. The summed E-state index contributed by atoms with van der Waals surface area (Å²) in [5.74, 6) is -1.74. The van der Waals surface area contributed by atoms with E-state index in [1.165, 1.54) is 0 Å². The summed E-state index contributed by atoms with van der Waals surface area (Å²) in [7, 11) is 0. The largest absolute Gasteiger partial charge is 0.481 e. The van der Waals surface area contributed by atoms with Crippen molar-refractivity contribution in [3.05, 3.63) is 35.9 Å². The number of carboxylic acids is 1. The van der Waals surface area contributed by atoms with Gasteiger partial charge in [0, 0.05) is 11.8 Å². The second-order valence-electron chi connectivity index (χ2n) is 5.30. The molecule has 0 heterocycles. The van der Waals surface area contributed by atoms with Crippen LogP contribution < -0.4 is 0 Å². The van der Waals surface area contributed by atoms with Crippen LogP contribution in [0.15, 0.2) is 30.3 Å². The number of rotatable bonds is 6. The van der Waals surface area contributed by atoms with Gasteiger partial charge in [0.1, 0.15) is 0 Å². The van der Waals surface area contributed by atoms with Crippen LogP contribution in [0, 0.1) is 11.8 Å². The molecule has 0 bridgehead atoms. The molecule has 0 spiro atoms. The summed E-state index contributed by atoms with van der Waals surface area (Å²) in [6.45, 7) is 0.672. The average molecular weight is 280 g/mol. The molecule has 1 aliphatic rings. The first-order valence-corrected chi connectivity index (χ1v) is 6.77. The minimum absolute atomic E-state index is 0.141. The zero-order valence-electron chi connectivity index (χ0n) is 11.2. The molecule has 1 aromatic carbocycles. The number of carbonyl (C=O) groups is 1. The Bertz CT molecular complexity index is 433. The molecular weight excluding hydrogens is 260 g/mol. The first kappa shape index (κ1) is 15.0. The quantitative estimate of drug-likeness (QED) is 0.724. The summed E-state index contributed by atoms with van der Waals surface area (Å²) in [5.41, 5.74) is 1.02. The number of benzene rings is 1. The van der Waals surface area contributed by atoms with Gasteiger partial charge in [-0.05, 0) is 12.0 Å². The van der Waals surface area contributed by atoms with Crippen molar-refractivity contribution in [1.82, 2.24) is 0 Å². The van der Waals surface area contributed by atoms with E-state index in [0.29, 0.717) is 6.61 Å². The van der Waals surface area contributed by atoms with Crippen LogP contribution in [-0.2, 0) is 16.1 Å². The molecule has 2 rings (SSSR count). The average Bonchev–Trinajstić information content (AvgIpc) is 2.66. The highest BCUT2D eigenvalue weighted by atomic mass is 16.5. The van der Waals surface area contributed by atoms with E-state index in [1.807, 2.05) is 30.3 Å². The summed E-state index contributed by atoms with van der Waals surface area (Å²) in [6, 6.07) is 9.63. The smallest absolute Gasteiger partial charge is 0.303 e. The van der Waals surface area contributed by atoms with E-state index < -0.39 is 24.1 Å². The van der Waals surface area contributed by atoms with Gasteiger partial charge in [-0.15, -0.1) is 0 Å². The molecule has 0 unspecified atom stereocenters. The molecule has 0 aliphatic heterocycles. The zero-order valence-corrected chi connectivity index (χ0v) is 11.2. The number of carboxylic acid groups (broad SMARTS) is 1. The maximum absolute atomic E-state index is 10.8. The fourth-order valence-electron chi connectivity index (χ4n) is 2.78. The summed E-state index contributed by atoms with van der Waals surface area (Å²) in [4.78, 5) is 10.8. The molecule has 5 heteroatoms. The number of aliphatic carboxylic acids is 1. The van der Waals surface area contributed by atoms with Crippen LogP contribution >= 0.6 is 0 Å². The Labute approximate surface area is 117 Å². The lowest BCUT2D eigenvalue weighted by molar-refractivity contribution is -0.139. The van der Waals surface area contributed by atoms with Crippen LogP contribution in [0.25, 0.3) is 0 Å². The molecule has 1 saturated carbocycles. The topological polar surface area (TPSA) is 87.0 Å². The molecule has 110 valence electrons. The molecule has 4 atom stereocenters. The van der Waals surface area contributed by atoms with Crippen LogP contribution in [0.4, 0.5) is 0 Å². The van der Waals surface area contributed by atoms with Gasteiger partial charge in [0.15, 0.2) is 0 Å². The SMILES string of the molecule is O=C(O)C[C@H]1[C@H](COCc2ccccc2)[C@@H](O)C[C@H]1O. The molecule has 1 aliphatic carbocycles. The van der Waals surface area contributed by atoms with Crippen LogP contribution in [0.2, 0.25) is 0 Å². The zero-order chi connectivity index (χ0) is 14.5. The van der Waals surface area contributed by atoms with Gasteiger partial charge in [-0.3, -0.25) is 4.79 Å². The molecule has 20 heavy (non-hydrogen) atoms. The van der Waals surface area contributed by atoms with E-state index in [1.54, 1.807) is 0 Å². The summed E-state index contributed by atoms with van der Waals surface area (Å²) >= 11 is 0. The second kappa shape index (κ2) is 6.83. The van der Waals surface area contributed by atoms with Crippen LogP contribution in [0.5, 0.6) is 0 Å². The van der Waals surface area contributed by atoms with Crippen LogP contribution in [-0.4, -0.2) is 40.1 Å². The standard InChI is InChI=1S/C15H20O5/c16-13-7-14(17)12(11(13)6-15(18)19)9-20-8-10-4-2-1-3-5-10/h1-5,11-14,16-17H,6-9H2,(H,18,19)/t11-,12-,13+,14-/m0/s1. The molecule has 5 nitrogen and oxygen atoms in total. The van der Waals surface area contributed by atoms with Crippen molar-refractivity contribution in [3.8, 4) is 0 Å². The first-order chi connectivity index (χ1) is 9.58. The Hall–Kier alpha value is -1.43. The van der Waals surface area contributed by atoms with Crippen LogP contribution in [0.1, 0.15) is 18.4 Å². The highest BCUT2D eigenvalue weighted by Gasteiger charge is 2.42. The van der Waals surface area contributed by atoms with Gasteiger partial charge >= 0.3 is 5.97 Å². The lowest BCUT2D eigenvalue weighted by Gasteiger charge is -2.22. The predicted octanol–water partition coefficient (Wildman–Crippen LogP) is 1.04. The minimum atomic E-state index is -0.962. The van der Waals surface area contributed by atoms with E-state index in [2.05, 4.69) is 0 Å². The Morgan fingerprint density at radius 3 is 2.45 bits per heavy atom. The molecule has 0 aromatic heterocycles. The van der Waals surface area contributed by atoms with E-state index in [9.17, 15) is 15.0 Å². The van der Waals surface area contributed by atoms with Gasteiger partial charge in [0.2, 0.25) is 0 Å². The van der Waals surface area contributed by atoms with Gasteiger partial charge in [0.25, 0.3) is 0 Å². The maximum Gasteiger partial charge on any atom is 0.303 e. The predicted molar refractivity (Wildman–Crippen MR) is 72.0 cm³/mol. The van der Waals surface area contributed by atoms with Crippen molar-refractivity contribution in [3.63, 3.8) is 0 Å². The van der Waals surface area contributed by atoms with E-state index in [0.717, 1.165) is 5.56 Å². The monoisotopic (exact) mass is 280 g/mol. The van der Waals surface area contributed by atoms with Gasteiger partial charge in [0.05, 0.1) is 31.8 Å². The van der Waals surface area contributed by atoms with Crippen molar-refractivity contribution in [2.75, 3.05) is 6.61 Å². The Morgan fingerprint density at radius 1 is 1.15 bits per heavy atom. The molecule has 1 fully saturated rings. The molecular formula is C15H20O5. The third kappa shape index (κ3) is 3.79. The summed E-state index contributed by atoms with van der Waals surface area (Å²) in [5, 5.41) is 28.6. The fourth-order valence-corrected chi connectivity index (χ4v) is 2.78. The lowest BCUT2D eigenvalue weighted by atomic mass is 9.91. The first-order valence-electron chi connectivity index (χ1n) is 6.77. The van der Waals surface area contributed by atoms with Crippen molar-refractivity contribution in [2.45, 2.75) is 31.7 Å². The summed E-state index contributed by atoms with van der Waals surface area (Å²) < 4.78 is 5.57. The fraction of sp³-hybridized carbons (Fsp3) is 0.533. The molecule has 0 saturated heterocycles. The van der Waals surface area contributed by atoms with Gasteiger partial charge in [-0.25, -0.2) is 0 Å². The van der Waals surface area contributed by atoms with Crippen molar-refractivity contribution >= 4 is 5.97 Å². The second-order valence-corrected chi connectivity index (χ2v) is 5.30. The number of aliphatic hydroxyl groups is 2. The summed E-state index contributed by atoms with van der Waals surface area (Å²) in [6.07, 6.45) is -1.40. The molecule has 0 amide bonds. The normalized spacial score (nSPS) is 29.5. The Kier molecular flexibility index (Phi) is 5.11. The third-order valence-electron chi connectivity index (χ3n) is 3.85. The van der Waals surface area contributed by atoms with E-state index >= 15 is 0 Å². The Morgan fingerprint density at radius 2 is 1.80 bits per heavy atom. The van der Waals surface area contributed by atoms with E-state index in [-0.39, 0.29) is 25.4 Å². The number of aliphatic hydroxyl groups excluding tert-OH is 2. The minimum Gasteiger partial charge on any atom is -0.481 e. The number of ether oxygens (including phenoxy) is 1. The lowest BCUT2D eigenvalue weighted by Crippen LogP contribution is -2.28. The highest BCUT2D eigenvalue weighted by Crippen LogP contribution is 2.35. The Balaban J connectivity index is 1.87.